The van der Waals surface area contributed by atoms with Crippen LogP contribution < -0.4 is 4.90 Å². The van der Waals surface area contributed by atoms with Crippen molar-refractivity contribution in [3.05, 3.63) is 92.8 Å². The monoisotopic (exact) mass is 613 g/mol. The normalized spacial score (nSPS) is 28.4. The minimum Gasteiger partial charge on any atom is -0.393 e. The van der Waals surface area contributed by atoms with Crippen LogP contribution in [-0.4, -0.2) is 70.3 Å². The van der Waals surface area contributed by atoms with Crippen molar-refractivity contribution >= 4 is 22.9 Å². The summed E-state index contributed by atoms with van der Waals surface area (Å²) in [6.45, 7) is 10.7. The molecule has 3 aliphatic carbocycles. The number of hydrogen-bond donors (Lipinski definition) is 2. The molecule has 2 fully saturated rings. The van der Waals surface area contributed by atoms with Crippen molar-refractivity contribution in [1.29, 1.82) is 0 Å². The SMILES string of the molecule is CC1=CCCC2(C)C(CCC2(O)CN2CCN(c3ccccn3)CC2)c2ccc(cc2C(=O)c2ccc(C)s2)CC(O)CC1. The maximum Gasteiger partial charge on any atom is 0.203 e. The lowest BCUT2D eigenvalue weighted by atomic mass is 9.64. The van der Waals surface area contributed by atoms with E-state index in [1.165, 1.54) is 16.9 Å². The van der Waals surface area contributed by atoms with Crippen LogP contribution in [0.4, 0.5) is 5.82 Å². The van der Waals surface area contributed by atoms with E-state index in [2.05, 4.69) is 52.9 Å². The summed E-state index contributed by atoms with van der Waals surface area (Å²) in [5.41, 5.74) is 2.80. The highest BCUT2D eigenvalue weighted by atomic mass is 32.1. The minimum atomic E-state index is -0.877. The number of nitrogens with zero attached hydrogens (tertiary/aromatic N) is 3. The molecule has 2 N–H and O–H groups in total. The third-order valence-electron chi connectivity index (χ3n) is 10.7. The zero-order valence-corrected chi connectivity index (χ0v) is 27.3. The second-order valence-electron chi connectivity index (χ2n) is 13.6. The number of pyridine rings is 1. The first kappa shape index (κ1) is 31.2. The summed E-state index contributed by atoms with van der Waals surface area (Å²) in [5, 5.41) is 23.5. The first-order valence-electron chi connectivity index (χ1n) is 16.3. The maximum absolute atomic E-state index is 14.1. The summed E-state index contributed by atoms with van der Waals surface area (Å²) in [6, 6.07) is 16.3. The van der Waals surface area contributed by atoms with Crippen molar-refractivity contribution in [2.24, 2.45) is 5.41 Å². The highest BCUT2D eigenvalue weighted by Crippen LogP contribution is 2.59. The fraction of sp³-hybridized carbons (Fsp3) is 0.514. The van der Waals surface area contributed by atoms with Crippen LogP contribution in [0.5, 0.6) is 0 Å². The average Bonchev–Trinajstić information content (AvgIpc) is 3.56. The maximum atomic E-state index is 14.1. The number of carbonyl (C=O) groups excluding carboxylic acids is 1. The van der Waals surface area contributed by atoms with Crippen molar-refractivity contribution < 1.29 is 15.0 Å². The van der Waals surface area contributed by atoms with E-state index in [0.29, 0.717) is 25.8 Å². The van der Waals surface area contributed by atoms with E-state index < -0.39 is 17.1 Å². The van der Waals surface area contributed by atoms with E-state index in [4.69, 9.17) is 0 Å². The number of aromatic nitrogens is 1. The van der Waals surface area contributed by atoms with Gasteiger partial charge in [-0.1, -0.05) is 36.8 Å². The van der Waals surface area contributed by atoms with Crippen molar-refractivity contribution in [2.75, 3.05) is 37.6 Å². The number of thiophene rings is 1. The molecule has 6 nitrogen and oxygen atoms in total. The molecule has 2 aromatic heterocycles. The van der Waals surface area contributed by atoms with Gasteiger partial charge in [-0.15, -0.1) is 11.3 Å². The number of aliphatic hydroxyl groups excluding tert-OH is 1. The Morgan fingerprint density at radius 2 is 1.86 bits per heavy atom. The molecule has 7 rings (SSSR count). The van der Waals surface area contributed by atoms with E-state index in [-0.39, 0.29) is 11.7 Å². The van der Waals surface area contributed by atoms with Crippen LogP contribution in [0.15, 0.2) is 66.4 Å². The smallest absolute Gasteiger partial charge is 0.203 e. The molecule has 1 aliphatic heterocycles. The molecule has 4 aliphatic rings. The number of anilines is 1. The van der Waals surface area contributed by atoms with Gasteiger partial charge in [0.1, 0.15) is 5.82 Å². The number of aliphatic hydroxyl groups is 2. The largest absolute Gasteiger partial charge is 0.393 e. The number of carbonyl (C=O) groups is 1. The van der Waals surface area contributed by atoms with Crippen LogP contribution in [0.25, 0.3) is 0 Å². The lowest BCUT2D eigenvalue weighted by Gasteiger charge is -2.47. The van der Waals surface area contributed by atoms with E-state index in [9.17, 15) is 15.0 Å². The van der Waals surface area contributed by atoms with Crippen molar-refractivity contribution in [3.8, 4) is 0 Å². The standard InChI is InChI=1S/C37H47N3O3S/c1-26-7-6-16-36(3)32(15-17-37(36,43)25-39-19-21-40(22-20-39)34-8-4-5-18-38-34)30-13-11-28(23-29(41)12-9-26)24-31(30)35(42)33-14-10-27(2)44-33/h4-5,7-8,10-11,13-14,18,24,29,32,41,43H,6,9,12,15-17,19-23,25H2,1-3H3. The van der Waals surface area contributed by atoms with Gasteiger partial charge in [0.2, 0.25) is 5.78 Å². The second kappa shape index (κ2) is 12.9. The Kier molecular flexibility index (Phi) is 9.12. The Morgan fingerprint density at radius 1 is 1.05 bits per heavy atom. The molecular weight excluding hydrogens is 566 g/mol. The molecule has 3 heterocycles. The Labute approximate surface area is 266 Å². The fourth-order valence-corrected chi connectivity index (χ4v) is 8.75. The Hall–Kier alpha value is -2.84. The third-order valence-corrected chi connectivity index (χ3v) is 11.7. The van der Waals surface area contributed by atoms with Crippen LogP contribution in [-0.2, 0) is 6.42 Å². The lowest BCUT2D eigenvalue weighted by molar-refractivity contribution is -0.0841. The molecule has 0 amide bonds. The molecule has 44 heavy (non-hydrogen) atoms. The van der Waals surface area contributed by atoms with E-state index in [1.54, 1.807) is 0 Å². The number of β-amino-alcohol motifs (C(OH)–C–C–N with tert-alkyl or cyclic N) is 1. The van der Waals surface area contributed by atoms with Gasteiger partial charge in [-0.2, -0.15) is 0 Å². The first-order valence-corrected chi connectivity index (χ1v) is 17.2. The molecule has 3 aromatic rings. The van der Waals surface area contributed by atoms with Gasteiger partial charge in [-0.05, 0) is 106 Å². The number of allylic oxidation sites excluding steroid dienone is 2. The van der Waals surface area contributed by atoms with Gasteiger partial charge in [-0.25, -0.2) is 4.98 Å². The summed E-state index contributed by atoms with van der Waals surface area (Å²) in [5.74, 6) is 1.12. The molecule has 0 radical (unpaired) electrons. The molecule has 1 aromatic carbocycles. The summed E-state index contributed by atoms with van der Waals surface area (Å²) in [7, 11) is 0. The summed E-state index contributed by atoms with van der Waals surface area (Å²) < 4.78 is 0. The number of piperazine rings is 1. The van der Waals surface area contributed by atoms with Gasteiger partial charge in [0.25, 0.3) is 0 Å². The van der Waals surface area contributed by atoms with Gasteiger partial charge in [0, 0.05) is 54.8 Å². The number of rotatable bonds is 5. The molecular formula is C37H47N3O3S. The van der Waals surface area contributed by atoms with Crippen molar-refractivity contribution in [1.82, 2.24) is 9.88 Å². The van der Waals surface area contributed by atoms with Crippen LogP contribution in [0, 0.1) is 12.3 Å². The summed E-state index contributed by atoms with van der Waals surface area (Å²) >= 11 is 1.54. The molecule has 1 saturated heterocycles. The zero-order valence-electron chi connectivity index (χ0n) is 26.5. The van der Waals surface area contributed by atoms with Gasteiger partial charge < -0.3 is 15.1 Å². The third kappa shape index (κ3) is 6.30. The van der Waals surface area contributed by atoms with Gasteiger partial charge in [-0.3, -0.25) is 9.69 Å². The number of aryl methyl sites for hydroxylation is 1. The highest BCUT2D eigenvalue weighted by Gasteiger charge is 2.57. The molecule has 0 spiro atoms. The number of ketones is 1. The first-order chi connectivity index (χ1) is 21.1. The van der Waals surface area contributed by atoms with Crippen LogP contribution in [0.2, 0.25) is 0 Å². The predicted octanol–water partition coefficient (Wildman–Crippen LogP) is 6.54. The van der Waals surface area contributed by atoms with Crippen LogP contribution >= 0.6 is 11.3 Å². The van der Waals surface area contributed by atoms with Crippen molar-refractivity contribution in [3.63, 3.8) is 0 Å². The number of hydrogen-bond acceptors (Lipinski definition) is 7. The average molecular weight is 614 g/mol. The predicted molar refractivity (Wildman–Crippen MR) is 179 cm³/mol. The zero-order chi connectivity index (χ0) is 30.9. The molecule has 1 saturated carbocycles. The van der Waals surface area contributed by atoms with E-state index >= 15 is 0 Å². The minimum absolute atomic E-state index is 0.0536. The Bertz CT molecular complexity index is 1490. The lowest BCUT2D eigenvalue weighted by Crippen LogP contribution is -2.56. The molecule has 4 atom stereocenters. The van der Waals surface area contributed by atoms with Gasteiger partial charge in [0.05, 0.1) is 16.6 Å². The molecule has 4 unspecified atom stereocenters. The van der Waals surface area contributed by atoms with Crippen LogP contribution in [0.1, 0.15) is 89.5 Å². The Morgan fingerprint density at radius 3 is 2.59 bits per heavy atom. The second-order valence-corrected chi connectivity index (χ2v) is 14.9. The van der Waals surface area contributed by atoms with Crippen molar-refractivity contribution in [2.45, 2.75) is 83.3 Å². The molecule has 7 heteroatoms. The number of benzene rings is 1. The summed E-state index contributed by atoms with van der Waals surface area (Å²) in [4.78, 5) is 25.3. The van der Waals surface area contributed by atoms with Gasteiger partial charge >= 0.3 is 0 Å². The topological polar surface area (TPSA) is 76.9 Å². The quantitative estimate of drug-likeness (QED) is 0.251. The Balaban J connectivity index is 1.33. The van der Waals surface area contributed by atoms with Crippen LogP contribution in [0.3, 0.4) is 0 Å². The molecule has 2 bridgehead atoms. The number of fused-ring (bicyclic) bond motifs is 8. The van der Waals surface area contributed by atoms with E-state index in [0.717, 1.165) is 84.1 Å². The molecule has 234 valence electrons. The van der Waals surface area contributed by atoms with Gasteiger partial charge in [0.15, 0.2) is 0 Å². The highest BCUT2D eigenvalue weighted by molar-refractivity contribution is 7.14. The fourth-order valence-electron chi connectivity index (χ4n) is 7.93. The van der Waals surface area contributed by atoms with E-state index in [1.807, 2.05) is 43.5 Å². The summed E-state index contributed by atoms with van der Waals surface area (Å²) in [6.07, 6.45) is 9.07.